The Morgan fingerprint density at radius 1 is 1.32 bits per heavy atom. The van der Waals surface area contributed by atoms with Gasteiger partial charge in [0.25, 0.3) is 0 Å². The molecule has 1 aliphatic carbocycles. The molecule has 0 spiro atoms. The average Bonchev–Trinajstić information content (AvgIpc) is 2.66. The van der Waals surface area contributed by atoms with E-state index in [1.807, 2.05) is 30.1 Å². The van der Waals surface area contributed by atoms with Gasteiger partial charge in [0.05, 0.1) is 18.8 Å². The minimum Gasteiger partial charge on any atom is -0.463 e. The number of ether oxygens (including phenoxy) is 1. The number of Topliss-reactive ketones (excluding diaryl/α,β-unsaturated/α-hetero) is 1. The Hall–Kier alpha value is -2.15. The number of carbonyl (C=O) groups excluding carboxylic acids is 2. The second kappa shape index (κ2) is 9.55. The third kappa shape index (κ3) is 5.03. The Labute approximate surface area is 188 Å². The van der Waals surface area contributed by atoms with E-state index in [9.17, 15) is 14.7 Å². The average molecular weight is 447 g/mol. The summed E-state index contributed by atoms with van der Waals surface area (Å²) < 4.78 is 5.42. The van der Waals surface area contributed by atoms with Gasteiger partial charge >= 0.3 is 5.97 Å². The van der Waals surface area contributed by atoms with Gasteiger partial charge in [-0.1, -0.05) is 43.6 Å². The number of carbonyl (C=O) groups is 2. The zero-order chi connectivity index (χ0) is 22.8. The number of dihydropyridines is 1. The third-order valence-corrected chi connectivity index (χ3v) is 6.09. The lowest BCUT2D eigenvalue weighted by Crippen LogP contribution is -2.42. The van der Waals surface area contributed by atoms with E-state index in [1.54, 1.807) is 13.0 Å². The van der Waals surface area contributed by atoms with Gasteiger partial charge in [0.15, 0.2) is 5.78 Å². The maximum atomic E-state index is 13.3. The fraction of sp³-hybridized carbons (Fsp3) is 0.500. The highest BCUT2D eigenvalue weighted by Crippen LogP contribution is 2.48. The standard InChI is InChI=1S/C24H31ClN2O4/c1-5-31-23(30)22-18(14-27(4)10-11-28)26-17-12-24(2,3)13-19(29)21(17)20(22)15-8-6-7-9-16(15)25/h6-9,20,26,28H,5,10-14H2,1-4H3. The molecule has 1 unspecified atom stereocenters. The number of ketones is 1. The third-order valence-electron chi connectivity index (χ3n) is 5.75. The number of nitrogens with zero attached hydrogens (tertiary/aromatic N) is 1. The molecule has 1 aromatic rings. The van der Waals surface area contributed by atoms with Crippen molar-refractivity contribution in [3.8, 4) is 0 Å². The Bertz CT molecular complexity index is 935. The van der Waals surface area contributed by atoms with E-state index in [4.69, 9.17) is 16.3 Å². The van der Waals surface area contributed by atoms with Crippen LogP contribution in [0.15, 0.2) is 46.8 Å². The lowest BCUT2D eigenvalue weighted by Gasteiger charge is -2.40. The van der Waals surface area contributed by atoms with Gasteiger partial charge in [-0.2, -0.15) is 0 Å². The Morgan fingerprint density at radius 2 is 2.03 bits per heavy atom. The highest BCUT2D eigenvalue weighted by molar-refractivity contribution is 6.31. The van der Waals surface area contributed by atoms with Gasteiger partial charge < -0.3 is 15.2 Å². The quantitative estimate of drug-likeness (QED) is 0.625. The van der Waals surface area contributed by atoms with Gasteiger partial charge in [-0.25, -0.2) is 4.79 Å². The lowest BCUT2D eigenvalue weighted by molar-refractivity contribution is -0.138. The van der Waals surface area contributed by atoms with Gasteiger partial charge in [0, 0.05) is 47.4 Å². The molecule has 1 atom stereocenters. The molecule has 2 N–H and O–H groups in total. The summed E-state index contributed by atoms with van der Waals surface area (Å²) in [7, 11) is 1.87. The monoisotopic (exact) mass is 446 g/mol. The van der Waals surface area contributed by atoms with Gasteiger partial charge in [-0.3, -0.25) is 9.69 Å². The Morgan fingerprint density at radius 3 is 2.68 bits per heavy atom. The molecule has 3 rings (SSSR count). The van der Waals surface area contributed by atoms with Crippen molar-refractivity contribution in [2.75, 3.05) is 33.4 Å². The first-order valence-electron chi connectivity index (χ1n) is 10.7. The zero-order valence-corrected chi connectivity index (χ0v) is 19.4. The number of rotatable bonds is 7. The van der Waals surface area contributed by atoms with Crippen LogP contribution in [-0.2, 0) is 14.3 Å². The first kappa shape index (κ1) is 23.5. The van der Waals surface area contributed by atoms with Crippen LogP contribution in [0, 0.1) is 5.41 Å². The van der Waals surface area contributed by atoms with E-state index < -0.39 is 11.9 Å². The van der Waals surface area contributed by atoms with Crippen molar-refractivity contribution in [1.82, 2.24) is 10.2 Å². The van der Waals surface area contributed by atoms with Crippen LogP contribution in [0.2, 0.25) is 5.02 Å². The highest BCUT2D eigenvalue weighted by atomic mass is 35.5. The number of hydrogen-bond acceptors (Lipinski definition) is 6. The van der Waals surface area contributed by atoms with Gasteiger partial charge in [0.2, 0.25) is 0 Å². The topological polar surface area (TPSA) is 78.9 Å². The van der Waals surface area contributed by atoms with Crippen LogP contribution >= 0.6 is 11.6 Å². The fourth-order valence-electron chi connectivity index (χ4n) is 4.46. The molecule has 1 aromatic carbocycles. The van der Waals surface area contributed by atoms with Crippen LogP contribution in [-0.4, -0.2) is 55.1 Å². The summed E-state index contributed by atoms with van der Waals surface area (Å²) >= 11 is 6.57. The molecule has 0 radical (unpaired) electrons. The van der Waals surface area contributed by atoms with Crippen molar-refractivity contribution in [3.63, 3.8) is 0 Å². The van der Waals surface area contributed by atoms with Crippen molar-refractivity contribution in [2.24, 2.45) is 5.41 Å². The maximum absolute atomic E-state index is 13.3. The minimum absolute atomic E-state index is 0.00588. The minimum atomic E-state index is -0.592. The molecule has 0 saturated heterocycles. The van der Waals surface area contributed by atoms with E-state index in [2.05, 4.69) is 19.2 Å². The van der Waals surface area contributed by atoms with Crippen molar-refractivity contribution < 1.29 is 19.4 Å². The van der Waals surface area contributed by atoms with E-state index in [-0.39, 0.29) is 24.4 Å². The van der Waals surface area contributed by atoms with Crippen LogP contribution < -0.4 is 5.32 Å². The summed E-state index contributed by atoms with van der Waals surface area (Å²) in [5.41, 5.74) is 3.07. The molecule has 7 heteroatoms. The fourth-order valence-corrected chi connectivity index (χ4v) is 4.71. The Kier molecular flexibility index (Phi) is 7.24. The Balaban J connectivity index is 2.22. The van der Waals surface area contributed by atoms with Crippen LogP contribution in [0.4, 0.5) is 0 Å². The van der Waals surface area contributed by atoms with Crippen molar-refractivity contribution in [2.45, 2.75) is 39.5 Å². The predicted octanol–water partition coefficient (Wildman–Crippen LogP) is 3.41. The molecule has 6 nitrogen and oxygen atoms in total. The number of hydrogen-bond donors (Lipinski definition) is 2. The molecule has 1 heterocycles. The molecular weight excluding hydrogens is 416 g/mol. The zero-order valence-electron chi connectivity index (χ0n) is 18.6. The number of likely N-dealkylation sites (N-methyl/N-ethyl adjacent to an activating group) is 1. The number of halogens is 1. The summed E-state index contributed by atoms with van der Waals surface area (Å²) in [5.74, 6) is -1.03. The predicted molar refractivity (Wildman–Crippen MR) is 121 cm³/mol. The second-order valence-electron chi connectivity index (χ2n) is 8.99. The van der Waals surface area contributed by atoms with Gasteiger partial charge in [0.1, 0.15) is 0 Å². The molecular formula is C24H31ClN2O4. The summed E-state index contributed by atoms with van der Waals surface area (Å²) in [6, 6.07) is 7.33. The number of benzene rings is 1. The molecule has 0 amide bonds. The number of esters is 1. The highest BCUT2D eigenvalue weighted by Gasteiger charge is 2.44. The van der Waals surface area contributed by atoms with E-state index in [0.29, 0.717) is 47.8 Å². The molecule has 0 saturated carbocycles. The molecule has 0 bridgehead atoms. The lowest BCUT2D eigenvalue weighted by atomic mass is 9.68. The van der Waals surface area contributed by atoms with Gasteiger partial charge in [-0.05, 0) is 37.4 Å². The summed E-state index contributed by atoms with van der Waals surface area (Å²) in [6.45, 7) is 6.99. The maximum Gasteiger partial charge on any atom is 0.336 e. The summed E-state index contributed by atoms with van der Waals surface area (Å²) in [4.78, 5) is 28.4. The van der Waals surface area contributed by atoms with Crippen molar-refractivity contribution >= 4 is 23.4 Å². The smallest absolute Gasteiger partial charge is 0.336 e. The molecule has 31 heavy (non-hydrogen) atoms. The van der Waals surface area contributed by atoms with Crippen molar-refractivity contribution in [1.29, 1.82) is 0 Å². The van der Waals surface area contributed by atoms with E-state index >= 15 is 0 Å². The van der Waals surface area contributed by atoms with Crippen molar-refractivity contribution in [3.05, 3.63) is 57.4 Å². The molecule has 0 fully saturated rings. The van der Waals surface area contributed by atoms with E-state index in [0.717, 1.165) is 11.3 Å². The first-order valence-corrected chi connectivity index (χ1v) is 11.0. The van der Waals surface area contributed by atoms with E-state index in [1.165, 1.54) is 0 Å². The van der Waals surface area contributed by atoms with Crippen LogP contribution in [0.3, 0.4) is 0 Å². The number of nitrogens with one attached hydrogen (secondary N) is 1. The number of aliphatic hydroxyl groups is 1. The molecule has 2 aliphatic rings. The largest absolute Gasteiger partial charge is 0.463 e. The number of aliphatic hydroxyl groups excluding tert-OH is 1. The second-order valence-corrected chi connectivity index (χ2v) is 9.39. The summed E-state index contributed by atoms with van der Waals surface area (Å²) in [6.07, 6.45) is 1.10. The van der Waals surface area contributed by atoms with Crippen LogP contribution in [0.5, 0.6) is 0 Å². The SMILES string of the molecule is CCOC(=O)C1=C(CN(C)CCO)NC2=C(C(=O)CC(C)(C)C2)C1c1ccccc1Cl. The first-order chi connectivity index (χ1) is 14.7. The summed E-state index contributed by atoms with van der Waals surface area (Å²) in [5, 5.41) is 13.3. The number of allylic oxidation sites excluding steroid dienone is 2. The molecule has 0 aromatic heterocycles. The van der Waals surface area contributed by atoms with Crippen LogP contribution in [0.1, 0.15) is 45.1 Å². The molecule has 1 aliphatic heterocycles. The van der Waals surface area contributed by atoms with Gasteiger partial charge in [-0.15, -0.1) is 0 Å². The van der Waals surface area contributed by atoms with Crippen LogP contribution in [0.25, 0.3) is 0 Å². The normalized spacial score (nSPS) is 20.6. The molecule has 168 valence electrons.